The molecule has 4 nitrogen and oxygen atoms in total. The molecule has 1 atom stereocenters. The van der Waals surface area contributed by atoms with Crippen molar-refractivity contribution >= 4 is 27.5 Å². The molecule has 0 amide bonds. The first-order valence-electron chi connectivity index (χ1n) is 11.1. The number of rotatable bonds is 5. The van der Waals surface area contributed by atoms with Gasteiger partial charge >= 0.3 is 0 Å². The lowest BCUT2D eigenvalue weighted by Crippen LogP contribution is -2.08. The standard InChI is InChI=1S/C28H24N2O2S/c1-32-22-15-17-23(18-16-22)33(31)30-26-14-8-7-13-25(26)27(24-12-6-5-11-21(24)19-29)28(30)20-9-3-2-4-10-20/h2-4,7-10,13-18H,5-6,11-12H2,1H3. The number of hydrogen-bond donors (Lipinski definition) is 0. The summed E-state index contributed by atoms with van der Waals surface area (Å²) in [7, 11) is 0.136. The third kappa shape index (κ3) is 3.77. The van der Waals surface area contributed by atoms with Crippen LogP contribution in [0.25, 0.3) is 27.7 Å². The summed E-state index contributed by atoms with van der Waals surface area (Å²) in [6, 6.07) is 28.0. The highest BCUT2D eigenvalue weighted by atomic mass is 32.2. The van der Waals surface area contributed by atoms with Gasteiger partial charge in [0, 0.05) is 16.5 Å². The predicted molar refractivity (Wildman–Crippen MR) is 133 cm³/mol. The number of ether oxygens (including phenoxy) is 1. The van der Waals surface area contributed by atoms with Gasteiger partial charge in [-0.2, -0.15) is 5.26 Å². The summed E-state index contributed by atoms with van der Waals surface area (Å²) in [4.78, 5) is 0.693. The number of nitriles is 1. The van der Waals surface area contributed by atoms with Crippen LogP contribution in [0.4, 0.5) is 0 Å². The lowest BCUT2D eigenvalue weighted by molar-refractivity contribution is 0.414. The summed E-state index contributed by atoms with van der Waals surface area (Å²) in [5, 5.41) is 10.9. The zero-order chi connectivity index (χ0) is 22.8. The normalized spacial score (nSPS) is 14.8. The molecule has 1 aromatic heterocycles. The summed E-state index contributed by atoms with van der Waals surface area (Å²) >= 11 is 0. The van der Waals surface area contributed by atoms with Crippen molar-refractivity contribution in [2.45, 2.75) is 30.6 Å². The number of allylic oxidation sites excluding steroid dienone is 2. The number of methoxy groups -OCH3 is 1. The van der Waals surface area contributed by atoms with Gasteiger partial charge in [-0.25, -0.2) is 4.21 Å². The van der Waals surface area contributed by atoms with E-state index in [4.69, 9.17) is 4.74 Å². The molecule has 1 unspecified atom stereocenters. The molecule has 1 heterocycles. The van der Waals surface area contributed by atoms with Crippen LogP contribution in [0.2, 0.25) is 0 Å². The monoisotopic (exact) mass is 452 g/mol. The number of hydrogen-bond acceptors (Lipinski definition) is 3. The molecule has 164 valence electrons. The first-order chi connectivity index (χ1) is 16.2. The lowest BCUT2D eigenvalue weighted by atomic mass is 9.85. The van der Waals surface area contributed by atoms with E-state index in [1.165, 1.54) is 0 Å². The molecule has 0 N–H and O–H groups in total. The van der Waals surface area contributed by atoms with Crippen LogP contribution in [-0.2, 0) is 11.0 Å². The van der Waals surface area contributed by atoms with E-state index in [1.54, 1.807) is 7.11 Å². The van der Waals surface area contributed by atoms with Crippen LogP contribution in [0.5, 0.6) is 5.75 Å². The molecule has 0 aliphatic heterocycles. The third-order valence-corrected chi connectivity index (χ3v) is 7.60. The van der Waals surface area contributed by atoms with E-state index in [9.17, 15) is 9.47 Å². The van der Waals surface area contributed by atoms with Crippen molar-refractivity contribution in [1.82, 2.24) is 3.97 Å². The fourth-order valence-corrected chi connectivity index (χ4v) is 5.93. The van der Waals surface area contributed by atoms with Gasteiger partial charge in [0.05, 0.1) is 29.3 Å². The van der Waals surface area contributed by atoms with Crippen molar-refractivity contribution in [3.8, 4) is 23.1 Å². The molecule has 33 heavy (non-hydrogen) atoms. The van der Waals surface area contributed by atoms with Crippen LogP contribution in [0.15, 0.2) is 89.3 Å². The highest BCUT2D eigenvalue weighted by molar-refractivity contribution is 7.83. The molecule has 0 saturated heterocycles. The smallest absolute Gasteiger partial charge is 0.157 e. The van der Waals surface area contributed by atoms with Gasteiger partial charge in [0.1, 0.15) is 5.75 Å². The maximum Gasteiger partial charge on any atom is 0.157 e. The van der Waals surface area contributed by atoms with Gasteiger partial charge in [0.15, 0.2) is 11.0 Å². The topological polar surface area (TPSA) is 55.0 Å². The Bertz CT molecular complexity index is 1410. The molecule has 0 fully saturated rings. The number of aromatic nitrogens is 1. The van der Waals surface area contributed by atoms with E-state index in [1.807, 2.05) is 64.6 Å². The fourth-order valence-electron chi connectivity index (χ4n) is 4.65. The van der Waals surface area contributed by atoms with Gasteiger partial charge in [-0.15, -0.1) is 0 Å². The number of fused-ring (bicyclic) bond motifs is 1. The Morgan fingerprint density at radius 1 is 0.909 bits per heavy atom. The SMILES string of the molecule is COc1ccc(S(=O)n2c(-c3ccccc3)c(C3=C(C#N)CCCC3)c3ccccc32)cc1. The maximum absolute atomic E-state index is 14.1. The summed E-state index contributed by atoms with van der Waals surface area (Å²) < 4.78 is 21.3. The molecular formula is C28H24N2O2S. The van der Waals surface area contributed by atoms with Gasteiger partial charge in [-0.05, 0) is 67.2 Å². The highest BCUT2D eigenvalue weighted by Gasteiger charge is 2.27. The molecule has 0 bridgehead atoms. The van der Waals surface area contributed by atoms with Crippen LogP contribution >= 0.6 is 0 Å². The molecule has 5 heteroatoms. The highest BCUT2D eigenvalue weighted by Crippen LogP contribution is 2.44. The van der Waals surface area contributed by atoms with Crippen LogP contribution in [0, 0.1) is 11.3 Å². The minimum atomic E-state index is -1.48. The molecule has 0 radical (unpaired) electrons. The second-order valence-corrected chi connectivity index (χ2v) is 9.44. The molecule has 5 rings (SSSR count). The van der Waals surface area contributed by atoms with E-state index < -0.39 is 11.0 Å². The van der Waals surface area contributed by atoms with E-state index in [0.29, 0.717) is 4.90 Å². The summed E-state index contributed by atoms with van der Waals surface area (Å²) in [6.45, 7) is 0. The van der Waals surface area contributed by atoms with Gasteiger partial charge in [0.2, 0.25) is 0 Å². The lowest BCUT2D eigenvalue weighted by Gasteiger charge is -2.18. The molecule has 0 spiro atoms. The number of benzene rings is 3. The summed E-state index contributed by atoms with van der Waals surface area (Å²) in [5.41, 5.74) is 5.75. The van der Waals surface area contributed by atoms with Crippen LogP contribution < -0.4 is 4.74 Å². The van der Waals surface area contributed by atoms with Gasteiger partial charge in [-0.3, -0.25) is 3.97 Å². The average Bonchev–Trinajstić information content (AvgIpc) is 3.23. The molecule has 3 aromatic carbocycles. The Balaban J connectivity index is 1.85. The quantitative estimate of drug-likeness (QED) is 0.337. The third-order valence-electron chi connectivity index (χ3n) is 6.21. The Morgan fingerprint density at radius 2 is 1.61 bits per heavy atom. The zero-order valence-corrected chi connectivity index (χ0v) is 19.3. The largest absolute Gasteiger partial charge is 0.497 e. The van der Waals surface area contributed by atoms with Crippen molar-refractivity contribution in [2.24, 2.45) is 0 Å². The first-order valence-corrected chi connectivity index (χ1v) is 12.2. The zero-order valence-electron chi connectivity index (χ0n) is 18.5. The summed E-state index contributed by atoms with van der Waals surface area (Å²) in [6.07, 6.45) is 3.73. The number of nitrogens with zero attached hydrogens (tertiary/aromatic N) is 2. The van der Waals surface area contributed by atoms with Crippen molar-refractivity contribution < 1.29 is 8.95 Å². The fraction of sp³-hybridized carbons (Fsp3) is 0.179. The van der Waals surface area contributed by atoms with Crippen molar-refractivity contribution in [1.29, 1.82) is 5.26 Å². The minimum Gasteiger partial charge on any atom is -0.497 e. The van der Waals surface area contributed by atoms with Crippen LogP contribution in [0.3, 0.4) is 0 Å². The van der Waals surface area contributed by atoms with Gasteiger partial charge < -0.3 is 4.74 Å². The maximum atomic E-state index is 14.1. The predicted octanol–water partition coefficient (Wildman–Crippen LogP) is 6.74. The summed E-state index contributed by atoms with van der Waals surface area (Å²) in [5.74, 6) is 0.725. The number of para-hydroxylation sites is 1. The second-order valence-electron chi connectivity index (χ2n) is 8.10. The van der Waals surface area contributed by atoms with E-state index in [-0.39, 0.29) is 0 Å². The molecule has 1 aliphatic rings. The Labute approximate surface area is 196 Å². The van der Waals surface area contributed by atoms with Crippen LogP contribution in [-0.4, -0.2) is 15.3 Å². The molecular weight excluding hydrogens is 428 g/mol. The first kappa shape index (κ1) is 21.2. The molecule has 4 aromatic rings. The molecule has 1 aliphatic carbocycles. The van der Waals surface area contributed by atoms with Crippen molar-refractivity contribution in [3.63, 3.8) is 0 Å². The van der Waals surface area contributed by atoms with Crippen LogP contribution in [0.1, 0.15) is 31.2 Å². The van der Waals surface area contributed by atoms with E-state index >= 15 is 0 Å². The Kier molecular flexibility index (Phi) is 5.85. The Hall–Kier alpha value is -3.62. The van der Waals surface area contributed by atoms with Gasteiger partial charge in [-0.1, -0.05) is 48.5 Å². The van der Waals surface area contributed by atoms with Crippen molar-refractivity contribution in [3.05, 3.63) is 90.0 Å². The minimum absolute atomic E-state index is 0.693. The van der Waals surface area contributed by atoms with Gasteiger partial charge in [0.25, 0.3) is 0 Å². The Morgan fingerprint density at radius 3 is 2.33 bits per heavy atom. The molecule has 0 saturated carbocycles. The van der Waals surface area contributed by atoms with Crippen molar-refractivity contribution in [2.75, 3.05) is 7.11 Å². The van der Waals surface area contributed by atoms with E-state index in [0.717, 1.165) is 70.3 Å². The van der Waals surface area contributed by atoms with E-state index in [2.05, 4.69) is 24.3 Å². The average molecular weight is 453 g/mol. The second kappa shape index (κ2) is 9.09.